The van der Waals surface area contributed by atoms with Crippen LogP contribution in [0.4, 0.5) is 17.2 Å². The fourth-order valence-corrected chi connectivity index (χ4v) is 1.20. The van der Waals surface area contributed by atoms with E-state index in [1.807, 2.05) is 0 Å². The van der Waals surface area contributed by atoms with Crippen molar-refractivity contribution in [3.05, 3.63) is 18.3 Å². The Morgan fingerprint density at radius 1 is 1.29 bits per heavy atom. The summed E-state index contributed by atoms with van der Waals surface area (Å²) in [5.41, 5.74) is 19.5. The van der Waals surface area contributed by atoms with Crippen molar-refractivity contribution in [3.63, 3.8) is 0 Å². The van der Waals surface area contributed by atoms with Gasteiger partial charge in [0.2, 0.25) is 0 Å². The highest BCUT2D eigenvalue weighted by Crippen LogP contribution is 2.23. The van der Waals surface area contributed by atoms with Crippen molar-refractivity contribution in [1.29, 1.82) is 5.53 Å². The summed E-state index contributed by atoms with van der Waals surface area (Å²) in [6.07, 6.45) is 1.45. The first-order valence-corrected chi connectivity index (χ1v) is 3.90. The van der Waals surface area contributed by atoms with Gasteiger partial charge in [-0.3, -0.25) is 0 Å². The summed E-state index contributed by atoms with van der Waals surface area (Å²) in [5, 5.41) is 3.92. The highest BCUT2D eigenvalue weighted by atomic mass is 15.0. The lowest BCUT2D eigenvalue weighted by Gasteiger charge is -2.02. The molecule has 0 fully saturated rings. The zero-order valence-electron chi connectivity index (χ0n) is 7.23. The van der Waals surface area contributed by atoms with Crippen molar-refractivity contribution in [1.82, 2.24) is 9.97 Å². The number of fused-ring (bicyclic) bond motifs is 1. The Labute approximate surface area is 79.5 Å². The van der Waals surface area contributed by atoms with Crippen LogP contribution in [0.15, 0.2) is 23.4 Å². The number of nitrogens with zero attached hydrogens (tertiary/aromatic N) is 3. The minimum Gasteiger partial charge on any atom is -0.398 e. The standard InChI is InChI=1S/C8H8N6/c9-6-2-7(10)13-8-5(6)1-4(14-11)3-12-8/h1-3,11H,(H4,9,10,12,13). The van der Waals surface area contributed by atoms with Crippen LogP contribution in [-0.2, 0) is 0 Å². The summed E-state index contributed by atoms with van der Waals surface area (Å²) >= 11 is 0. The van der Waals surface area contributed by atoms with Crippen molar-refractivity contribution < 1.29 is 0 Å². The van der Waals surface area contributed by atoms with Crippen LogP contribution in [0.5, 0.6) is 0 Å². The largest absolute Gasteiger partial charge is 0.398 e. The molecule has 2 aromatic rings. The van der Waals surface area contributed by atoms with E-state index in [2.05, 4.69) is 15.1 Å². The summed E-state index contributed by atoms with van der Waals surface area (Å²) in [6.45, 7) is 0. The second-order valence-electron chi connectivity index (χ2n) is 2.81. The van der Waals surface area contributed by atoms with Gasteiger partial charge in [-0.15, -0.1) is 0 Å². The fourth-order valence-electron chi connectivity index (χ4n) is 1.20. The average molecular weight is 188 g/mol. The first-order valence-electron chi connectivity index (χ1n) is 3.90. The maximum Gasteiger partial charge on any atom is 0.163 e. The number of hydrogen-bond acceptors (Lipinski definition) is 6. The van der Waals surface area contributed by atoms with E-state index in [0.29, 0.717) is 28.2 Å². The topological polar surface area (TPSA) is 114 Å². The lowest BCUT2D eigenvalue weighted by Crippen LogP contribution is -1.96. The van der Waals surface area contributed by atoms with E-state index in [0.717, 1.165) is 0 Å². The van der Waals surface area contributed by atoms with Gasteiger partial charge in [-0.2, -0.15) is 5.11 Å². The molecule has 0 aromatic carbocycles. The van der Waals surface area contributed by atoms with Gasteiger partial charge in [-0.1, -0.05) is 0 Å². The number of rotatable bonds is 1. The third-order valence-corrected chi connectivity index (χ3v) is 1.83. The molecule has 0 unspecified atom stereocenters. The maximum absolute atomic E-state index is 6.83. The van der Waals surface area contributed by atoms with Gasteiger partial charge < -0.3 is 11.5 Å². The van der Waals surface area contributed by atoms with E-state index < -0.39 is 0 Å². The molecule has 2 heterocycles. The molecule has 6 heteroatoms. The normalized spacial score (nSPS) is 10.3. The molecule has 0 bridgehead atoms. The molecule has 2 rings (SSSR count). The smallest absolute Gasteiger partial charge is 0.163 e. The van der Waals surface area contributed by atoms with Gasteiger partial charge in [0, 0.05) is 17.1 Å². The molecule has 5 N–H and O–H groups in total. The number of hydrogen-bond donors (Lipinski definition) is 3. The van der Waals surface area contributed by atoms with Gasteiger partial charge in [0.25, 0.3) is 0 Å². The third kappa shape index (κ3) is 1.22. The average Bonchev–Trinajstić information content (AvgIpc) is 2.17. The molecule has 0 saturated heterocycles. The van der Waals surface area contributed by atoms with Gasteiger partial charge in [-0.05, 0) is 6.07 Å². The van der Waals surface area contributed by atoms with Gasteiger partial charge in [0.15, 0.2) is 5.65 Å². The van der Waals surface area contributed by atoms with Crippen LogP contribution in [0.2, 0.25) is 0 Å². The first-order chi connectivity index (χ1) is 6.70. The van der Waals surface area contributed by atoms with Crippen molar-refractivity contribution >= 4 is 28.2 Å². The highest BCUT2D eigenvalue weighted by Gasteiger charge is 2.03. The number of anilines is 2. The molecule has 2 aromatic heterocycles. The Hall–Kier alpha value is -2.24. The van der Waals surface area contributed by atoms with Crippen molar-refractivity contribution in [2.24, 2.45) is 5.11 Å². The summed E-state index contributed by atoms with van der Waals surface area (Å²) in [5.74, 6) is 0.332. The second kappa shape index (κ2) is 2.91. The van der Waals surface area contributed by atoms with Crippen molar-refractivity contribution in [3.8, 4) is 0 Å². The summed E-state index contributed by atoms with van der Waals surface area (Å²) in [4.78, 5) is 7.98. The minimum atomic E-state index is 0.332. The Morgan fingerprint density at radius 2 is 2.07 bits per heavy atom. The number of aromatic nitrogens is 2. The zero-order valence-corrected chi connectivity index (χ0v) is 7.23. The molecular formula is C8H8N6. The number of nitrogens with two attached hydrogens (primary N) is 2. The van der Waals surface area contributed by atoms with E-state index in [9.17, 15) is 0 Å². The molecule has 0 aliphatic rings. The van der Waals surface area contributed by atoms with Gasteiger partial charge in [0.1, 0.15) is 11.5 Å². The predicted molar refractivity (Wildman–Crippen MR) is 53.2 cm³/mol. The lowest BCUT2D eigenvalue weighted by molar-refractivity contribution is 1.13. The lowest BCUT2D eigenvalue weighted by atomic mass is 10.2. The quantitative estimate of drug-likeness (QED) is 0.587. The van der Waals surface area contributed by atoms with E-state index in [1.165, 1.54) is 6.20 Å². The summed E-state index contributed by atoms with van der Waals surface area (Å²) in [6, 6.07) is 3.20. The van der Waals surface area contributed by atoms with Crippen LogP contribution < -0.4 is 11.5 Å². The fraction of sp³-hybridized carbons (Fsp3) is 0. The number of pyridine rings is 2. The van der Waals surface area contributed by atoms with E-state index in [1.54, 1.807) is 12.1 Å². The molecule has 14 heavy (non-hydrogen) atoms. The van der Waals surface area contributed by atoms with Crippen molar-refractivity contribution in [2.75, 3.05) is 11.5 Å². The van der Waals surface area contributed by atoms with Crippen LogP contribution in [0, 0.1) is 5.53 Å². The third-order valence-electron chi connectivity index (χ3n) is 1.83. The van der Waals surface area contributed by atoms with Crippen LogP contribution in [0.25, 0.3) is 11.0 Å². The molecule has 6 nitrogen and oxygen atoms in total. The van der Waals surface area contributed by atoms with Crippen LogP contribution >= 0.6 is 0 Å². The highest BCUT2D eigenvalue weighted by molar-refractivity contribution is 5.90. The Morgan fingerprint density at radius 3 is 2.79 bits per heavy atom. The van der Waals surface area contributed by atoms with Gasteiger partial charge in [-0.25, -0.2) is 15.5 Å². The maximum atomic E-state index is 6.83. The Balaban J connectivity index is 2.81. The molecule has 0 radical (unpaired) electrons. The molecule has 0 amide bonds. The molecule has 0 aliphatic carbocycles. The summed E-state index contributed by atoms with van der Waals surface area (Å²) < 4.78 is 0. The first kappa shape index (κ1) is 8.36. The molecule has 0 aliphatic heterocycles. The molecule has 0 atom stereocenters. The van der Waals surface area contributed by atoms with Crippen LogP contribution in [0.1, 0.15) is 0 Å². The molecule has 0 spiro atoms. The number of nitrogen functional groups attached to an aromatic ring is 2. The van der Waals surface area contributed by atoms with E-state index >= 15 is 0 Å². The van der Waals surface area contributed by atoms with E-state index in [-0.39, 0.29) is 0 Å². The van der Waals surface area contributed by atoms with Gasteiger partial charge >= 0.3 is 0 Å². The Kier molecular flexibility index (Phi) is 1.74. The number of nitrogens with one attached hydrogen (secondary N) is 1. The van der Waals surface area contributed by atoms with Gasteiger partial charge in [0.05, 0.1) is 6.20 Å². The predicted octanol–water partition coefficient (Wildman–Crippen LogP) is 1.46. The van der Waals surface area contributed by atoms with Crippen molar-refractivity contribution in [2.45, 2.75) is 0 Å². The monoisotopic (exact) mass is 188 g/mol. The second-order valence-corrected chi connectivity index (χ2v) is 2.81. The molecule has 70 valence electrons. The van der Waals surface area contributed by atoms with E-state index in [4.69, 9.17) is 17.0 Å². The minimum absolute atomic E-state index is 0.332. The molecular weight excluding hydrogens is 180 g/mol. The SMILES string of the molecule is N=Nc1cnc2nc(N)cc(N)c2c1. The van der Waals surface area contributed by atoms with Crippen LogP contribution in [0.3, 0.4) is 0 Å². The zero-order chi connectivity index (χ0) is 10.1. The molecule has 0 saturated carbocycles. The summed E-state index contributed by atoms with van der Waals surface area (Å²) in [7, 11) is 0. The Bertz CT molecular complexity index is 506. The van der Waals surface area contributed by atoms with Crippen LogP contribution in [-0.4, -0.2) is 9.97 Å².